The molecule has 0 radical (unpaired) electrons. The van der Waals surface area contributed by atoms with Gasteiger partial charge in [-0.2, -0.15) is 0 Å². The van der Waals surface area contributed by atoms with Crippen LogP contribution in [0.5, 0.6) is 0 Å². The smallest absolute Gasteiger partial charge is 0.165 e. The van der Waals surface area contributed by atoms with Gasteiger partial charge in [-0.1, -0.05) is 12.8 Å². The van der Waals surface area contributed by atoms with Crippen LogP contribution in [-0.4, -0.2) is 31.6 Å². The molecule has 0 amide bonds. The molecule has 1 aliphatic carbocycles. The molecule has 4 rings (SSSR count). The second-order valence-electron chi connectivity index (χ2n) is 5.72. The SMILES string of the molecule is CN(c1ccncc1)c1ncnc2c1ncn2C1CCCC1.Cl.Cl. The predicted octanol–water partition coefficient (Wildman–Crippen LogP) is 3.95. The molecule has 128 valence electrons. The molecule has 0 saturated heterocycles. The maximum atomic E-state index is 4.59. The summed E-state index contributed by atoms with van der Waals surface area (Å²) in [6, 6.07) is 4.45. The van der Waals surface area contributed by atoms with Gasteiger partial charge in [0.2, 0.25) is 0 Å². The summed E-state index contributed by atoms with van der Waals surface area (Å²) in [7, 11) is 1.99. The van der Waals surface area contributed by atoms with Crippen molar-refractivity contribution in [3.63, 3.8) is 0 Å². The lowest BCUT2D eigenvalue weighted by atomic mass is 10.2. The average Bonchev–Trinajstić information content (AvgIpc) is 3.23. The van der Waals surface area contributed by atoms with Crippen LogP contribution < -0.4 is 4.90 Å². The molecule has 24 heavy (non-hydrogen) atoms. The Hall–Kier alpha value is -1.92. The number of hydrogen-bond donors (Lipinski definition) is 0. The van der Waals surface area contributed by atoms with Crippen molar-refractivity contribution in [1.82, 2.24) is 24.5 Å². The number of imidazole rings is 1. The van der Waals surface area contributed by atoms with Crippen molar-refractivity contribution in [2.45, 2.75) is 31.7 Å². The van der Waals surface area contributed by atoms with Crippen LogP contribution in [0.1, 0.15) is 31.7 Å². The van der Waals surface area contributed by atoms with Crippen LogP contribution in [0.2, 0.25) is 0 Å². The quantitative estimate of drug-likeness (QED) is 0.702. The van der Waals surface area contributed by atoms with Gasteiger partial charge < -0.3 is 9.47 Å². The molecule has 0 bridgehead atoms. The number of fused-ring (bicyclic) bond motifs is 1. The Morgan fingerprint density at radius 3 is 2.46 bits per heavy atom. The van der Waals surface area contributed by atoms with Gasteiger partial charge in [0.15, 0.2) is 17.0 Å². The minimum Gasteiger partial charge on any atom is -0.327 e. The van der Waals surface area contributed by atoms with Crippen molar-refractivity contribution in [2.75, 3.05) is 11.9 Å². The second kappa shape index (κ2) is 7.77. The molecule has 0 aliphatic heterocycles. The van der Waals surface area contributed by atoms with Gasteiger partial charge in [0.1, 0.15) is 6.33 Å². The van der Waals surface area contributed by atoms with E-state index >= 15 is 0 Å². The summed E-state index contributed by atoms with van der Waals surface area (Å²) in [5.74, 6) is 0.827. The molecule has 1 saturated carbocycles. The monoisotopic (exact) mass is 366 g/mol. The zero-order valence-corrected chi connectivity index (χ0v) is 15.0. The van der Waals surface area contributed by atoms with Gasteiger partial charge in [-0.25, -0.2) is 15.0 Å². The summed E-state index contributed by atoms with van der Waals surface area (Å²) < 4.78 is 2.22. The Morgan fingerprint density at radius 1 is 1.04 bits per heavy atom. The number of rotatable bonds is 3. The first-order valence-corrected chi connectivity index (χ1v) is 7.66. The molecule has 6 nitrogen and oxygen atoms in total. The highest BCUT2D eigenvalue weighted by atomic mass is 35.5. The van der Waals surface area contributed by atoms with Gasteiger partial charge in [-0.3, -0.25) is 4.98 Å². The highest BCUT2D eigenvalue weighted by Crippen LogP contribution is 2.33. The van der Waals surface area contributed by atoms with Gasteiger partial charge in [-0.15, -0.1) is 24.8 Å². The fourth-order valence-electron chi connectivity index (χ4n) is 3.22. The van der Waals surface area contributed by atoms with Crippen LogP contribution >= 0.6 is 24.8 Å². The number of pyridine rings is 1. The van der Waals surface area contributed by atoms with E-state index in [1.165, 1.54) is 25.7 Å². The van der Waals surface area contributed by atoms with Gasteiger partial charge in [0, 0.05) is 31.2 Å². The highest BCUT2D eigenvalue weighted by Gasteiger charge is 2.21. The number of aromatic nitrogens is 5. The van der Waals surface area contributed by atoms with Gasteiger partial charge in [0.25, 0.3) is 0 Å². The van der Waals surface area contributed by atoms with E-state index in [1.54, 1.807) is 18.7 Å². The molecule has 1 aliphatic rings. The Morgan fingerprint density at radius 2 is 1.75 bits per heavy atom. The lowest BCUT2D eigenvalue weighted by molar-refractivity contribution is 0.529. The summed E-state index contributed by atoms with van der Waals surface area (Å²) in [5.41, 5.74) is 2.82. The van der Waals surface area contributed by atoms with Crippen molar-refractivity contribution < 1.29 is 0 Å². The van der Waals surface area contributed by atoms with Crippen LogP contribution in [0.3, 0.4) is 0 Å². The first-order chi connectivity index (χ1) is 10.8. The van der Waals surface area contributed by atoms with E-state index in [0.717, 1.165) is 22.7 Å². The molecule has 1 fully saturated rings. The highest BCUT2D eigenvalue weighted by molar-refractivity contribution is 5.86. The minimum atomic E-state index is 0. The third-order valence-electron chi connectivity index (χ3n) is 4.43. The fourth-order valence-corrected chi connectivity index (χ4v) is 3.22. The summed E-state index contributed by atoms with van der Waals surface area (Å²) in [4.78, 5) is 19.6. The molecule has 0 unspecified atom stereocenters. The number of hydrogen-bond acceptors (Lipinski definition) is 5. The summed E-state index contributed by atoms with van der Waals surface area (Å²) >= 11 is 0. The molecule has 0 atom stereocenters. The van der Waals surface area contributed by atoms with Crippen molar-refractivity contribution in [3.05, 3.63) is 37.2 Å². The number of nitrogens with zero attached hydrogens (tertiary/aromatic N) is 6. The molecule has 3 heterocycles. The van der Waals surface area contributed by atoms with Crippen LogP contribution in [-0.2, 0) is 0 Å². The van der Waals surface area contributed by atoms with E-state index in [4.69, 9.17) is 0 Å². The van der Waals surface area contributed by atoms with Crippen molar-refractivity contribution in [2.24, 2.45) is 0 Å². The lowest BCUT2D eigenvalue weighted by Crippen LogP contribution is -2.12. The molecule has 3 aromatic rings. The molecule has 0 spiro atoms. The maximum absolute atomic E-state index is 4.59. The number of anilines is 2. The van der Waals surface area contributed by atoms with Gasteiger partial charge >= 0.3 is 0 Å². The third kappa shape index (κ3) is 3.16. The first-order valence-electron chi connectivity index (χ1n) is 7.66. The normalized spacial score (nSPS) is 14.2. The Labute approximate surface area is 153 Å². The zero-order valence-electron chi connectivity index (χ0n) is 13.4. The summed E-state index contributed by atoms with van der Waals surface area (Å²) in [5, 5.41) is 0. The summed E-state index contributed by atoms with van der Waals surface area (Å²) in [6.45, 7) is 0. The maximum Gasteiger partial charge on any atom is 0.165 e. The predicted molar refractivity (Wildman–Crippen MR) is 99.6 cm³/mol. The van der Waals surface area contributed by atoms with Crippen LogP contribution in [0.15, 0.2) is 37.2 Å². The second-order valence-corrected chi connectivity index (χ2v) is 5.72. The van der Waals surface area contributed by atoms with E-state index in [-0.39, 0.29) is 24.8 Å². The van der Waals surface area contributed by atoms with E-state index in [2.05, 4.69) is 24.5 Å². The zero-order chi connectivity index (χ0) is 14.9. The van der Waals surface area contributed by atoms with Gasteiger partial charge in [-0.05, 0) is 25.0 Å². The first kappa shape index (κ1) is 18.4. The lowest BCUT2D eigenvalue weighted by Gasteiger charge is -2.18. The van der Waals surface area contributed by atoms with Crippen LogP contribution in [0, 0.1) is 0 Å². The molecular formula is C16H20Cl2N6. The molecule has 8 heteroatoms. The van der Waals surface area contributed by atoms with E-state index < -0.39 is 0 Å². The minimum absolute atomic E-state index is 0. The standard InChI is InChI=1S/C16H18N6.2ClH/c1-21(12-6-8-17-9-7-12)15-14-16(19-10-18-15)22(11-20-14)13-4-2-3-5-13;;/h6-11,13H,2-5H2,1H3;2*1H. The summed E-state index contributed by atoms with van der Waals surface area (Å²) in [6.07, 6.45) is 12.1. The molecule has 0 aromatic carbocycles. The van der Waals surface area contributed by atoms with Crippen molar-refractivity contribution in [1.29, 1.82) is 0 Å². The van der Waals surface area contributed by atoms with Crippen LogP contribution in [0.25, 0.3) is 11.2 Å². The van der Waals surface area contributed by atoms with Crippen molar-refractivity contribution >= 4 is 47.5 Å². The Kier molecular flexibility index (Phi) is 5.96. The Bertz CT molecular complexity index is 786. The van der Waals surface area contributed by atoms with E-state index in [9.17, 15) is 0 Å². The van der Waals surface area contributed by atoms with Crippen LogP contribution in [0.4, 0.5) is 11.5 Å². The third-order valence-corrected chi connectivity index (χ3v) is 4.43. The average molecular weight is 367 g/mol. The molecular weight excluding hydrogens is 347 g/mol. The van der Waals surface area contributed by atoms with Gasteiger partial charge in [0.05, 0.1) is 6.33 Å². The van der Waals surface area contributed by atoms with Crippen molar-refractivity contribution in [3.8, 4) is 0 Å². The molecule has 3 aromatic heterocycles. The molecule has 0 N–H and O–H groups in total. The van der Waals surface area contributed by atoms with E-state index in [1.807, 2.05) is 30.4 Å². The fraction of sp³-hybridized carbons (Fsp3) is 0.375. The number of halogens is 2. The largest absolute Gasteiger partial charge is 0.327 e. The Balaban J connectivity index is 0.00000104. The topological polar surface area (TPSA) is 59.7 Å². The van der Waals surface area contributed by atoms with E-state index in [0.29, 0.717) is 6.04 Å².